The first-order valence-corrected chi connectivity index (χ1v) is 7.74. The molecule has 1 aliphatic rings. The molecule has 2 unspecified atom stereocenters. The Morgan fingerprint density at radius 1 is 1.19 bits per heavy atom. The summed E-state index contributed by atoms with van der Waals surface area (Å²) in [6.07, 6.45) is 2.24. The first-order chi connectivity index (χ1) is 10.1. The van der Waals surface area contributed by atoms with Crippen LogP contribution in [0, 0.1) is 13.8 Å². The van der Waals surface area contributed by atoms with Crippen molar-refractivity contribution in [3.05, 3.63) is 58.2 Å². The minimum Gasteiger partial charge on any atom is -0.330 e. The van der Waals surface area contributed by atoms with E-state index in [2.05, 4.69) is 45.0 Å². The van der Waals surface area contributed by atoms with Crippen molar-refractivity contribution < 1.29 is 0 Å². The van der Waals surface area contributed by atoms with Gasteiger partial charge in [0.1, 0.15) is 5.82 Å². The fraction of sp³-hybridized carbons (Fsp3) is 0.444. The van der Waals surface area contributed by atoms with E-state index in [-0.39, 0.29) is 0 Å². The molecule has 0 saturated heterocycles. The van der Waals surface area contributed by atoms with E-state index >= 15 is 0 Å². The quantitative estimate of drug-likeness (QED) is 0.939. The monoisotopic (exact) mass is 281 g/mol. The highest BCUT2D eigenvalue weighted by Crippen LogP contribution is 2.37. The molecule has 0 aliphatic heterocycles. The van der Waals surface area contributed by atoms with Gasteiger partial charge in [0.05, 0.1) is 0 Å². The van der Waals surface area contributed by atoms with Gasteiger partial charge in [-0.05, 0) is 55.8 Å². The van der Waals surface area contributed by atoms with E-state index < -0.39 is 0 Å². The second kappa shape index (κ2) is 5.57. The molecule has 0 spiro atoms. The number of rotatable bonds is 3. The molecule has 0 radical (unpaired) electrons. The number of hydrogen-bond donors (Lipinski definition) is 1. The maximum atomic E-state index is 5.81. The SMILES string of the molecule is Cc1nc(C2CCc3ccccc32)nc(C)c1C(C)CN. The van der Waals surface area contributed by atoms with Crippen molar-refractivity contribution in [1.82, 2.24) is 9.97 Å². The average molecular weight is 281 g/mol. The second-order valence-electron chi connectivity index (χ2n) is 6.09. The molecule has 1 aromatic carbocycles. The standard InChI is InChI=1S/C18H23N3/c1-11(10-19)17-12(2)20-18(21-13(17)3)16-9-8-14-6-4-5-7-15(14)16/h4-7,11,16H,8-10,19H2,1-3H3. The molecule has 2 atom stereocenters. The first kappa shape index (κ1) is 14.2. The molecule has 3 nitrogen and oxygen atoms in total. The Kier molecular flexibility index (Phi) is 3.77. The van der Waals surface area contributed by atoms with Crippen LogP contribution < -0.4 is 5.73 Å². The molecule has 1 aliphatic carbocycles. The molecule has 0 saturated carbocycles. The summed E-state index contributed by atoms with van der Waals surface area (Å²) >= 11 is 0. The molecule has 0 amide bonds. The second-order valence-corrected chi connectivity index (χ2v) is 6.09. The van der Waals surface area contributed by atoms with Crippen molar-refractivity contribution in [3.63, 3.8) is 0 Å². The van der Waals surface area contributed by atoms with Crippen LogP contribution in [-0.2, 0) is 6.42 Å². The average Bonchev–Trinajstić information content (AvgIpc) is 2.90. The van der Waals surface area contributed by atoms with Crippen LogP contribution in [0.25, 0.3) is 0 Å². The van der Waals surface area contributed by atoms with Gasteiger partial charge in [0.2, 0.25) is 0 Å². The summed E-state index contributed by atoms with van der Waals surface area (Å²) in [4.78, 5) is 9.63. The summed E-state index contributed by atoms with van der Waals surface area (Å²) in [5.74, 6) is 1.64. The molecule has 3 heteroatoms. The fourth-order valence-electron chi connectivity index (χ4n) is 3.56. The number of hydrogen-bond acceptors (Lipinski definition) is 3. The third-order valence-electron chi connectivity index (χ3n) is 4.63. The molecule has 0 bridgehead atoms. The largest absolute Gasteiger partial charge is 0.330 e. The summed E-state index contributed by atoms with van der Waals surface area (Å²) in [6.45, 7) is 6.95. The summed E-state index contributed by atoms with van der Waals surface area (Å²) < 4.78 is 0. The van der Waals surface area contributed by atoms with E-state index in [1.165, 1.54) is 16.7 Å². The molecule has 1 aromatic heterocycles. The normalized spacial score (nSPS) is 18.6. The number of aromatic nitrogens is 2. The van der Waals surface area contributed by atoms with E-state index in [1.54, 1.807) is 0 Å². The Morgan fingerprint density at radius 3 is 2.52 bits per heavy atom. The Balaban J connectivity index is 2.02. The number of benzene rings is 1. The van der Waals surface area contributed by atoms with Gasteiger partial charge in [0.15, 0.2) is 0 Å². The van der Waals surface area contributed by atoms with Gasteiger partial charge in [-0.15, -0.1) is 0 Å². The van der Waals surface area contributed by atoms with Crippen LogP contribution in [0.15, 0.2) is 24.3 Å². The molecule has 2 aromatic rings. The van der Waals surface area contributed by atoms with E-state index in [0.29, 0.717) is 18.4 Å². The minimum atomic E-state index is 0.315. The maximum absolute atomic E-state index is 5.81. The van der Waals surface area contributed by atoms with Crippen LogP contribution >= 0.6 is 0 Å². The lowest BCUT2D eigenvalue weighted by atomic mass is 9.96. The number of nitrogens with two attached hydrogens (primary N) is 1. The van der Waals surface area contributed by atoms with Gasteiger partial charge in [-0.3, -0.25) is 0 Å². The molecule has 1 heterocycles. The maximum Gasteiger partial charge on any atom is 0.136 e. The van der Waals surface area contributed by atoms with Gasteiger partial charge in [-0.1, -0.05) is 31.2 Å². The van der Waals surface area contributed by atoms with Crippen molar-refractivity contribution in [2.24, 2.45) is 5.73 Å². The number of nitrogens with zero attached hydrogens (tertiary/aromatic N) is 2. The summed E-state index contributed by atoms with van der Waals surface area (Å²) in [5.41, 5.74) is 12.0. The highest BCUT2D eigenvalue weighted by molar-refractivity contribution is 5.40. The van der Waals surface area contributed by atoms with Gasteiger partial charge >= 0.3 is 0 Å². The topological polar surface area (TPSA) is 51.8 Å². The third-order valence-corrected chi connectivity index (χ3v) is 4.63. The van der Waals surface area contributed by atoms with Crippen LogP contribution in [0.5, 0.6) is 0 Å². The molecule has 3 rings (SSSR count). The number of fused-ring (bicyclic) bond motifs is 1. The lowest BCUT2D eigenvalue weighted by Gasteiger charge is -2.18. The van der Waals surface area contributed by atoms with E-state index in [4.69, 9.17) is 15.7 Å². The lowest BCUT2D eigenvalue weighted by molar-refractivity contribution is 0.689. The molecule has 2 N–H and O–H groups in total. The van der Waals surface area contributed by atoms with Crippen molar-refractivity contribution in [2.45, 2.75) is 45.4 Å². The van der Waals surface area contributed by atoms with Crippen LogP contribution in [-0.4, -0.2) is 16.5 Å². The predicted octanol–water partition coefficient (Wildman–Crippen LogP) is 3.23. The van der Waals surface area contributed by atoms with E-state index in [9.17, 15) is 0 Å². The number of aryl methyl sites for hydroxylation is 3. The fourth-order valence-corrected chi connectivity index (χ4v) is 3.56. The Labute approximate surface area is 126 Å². The van der Waals surface area contributed by atoms with Gasteiger partial charge in [0.25, 0.3) is 0 Å². The molecular formula is C18H23N3. The first-order valence-electron chi connectivity index (χ1n) is 7.74. The van der Waals surface area contributed by atoms with Gasteiger partial charge in [-0.25, -0.2) is 9.97 Å². The molecular weight excluding hydrogens is 258 g/mol. The van der Waals surface area contributed by atoms with E-state index in [1.807, 2.05) is 0 Å². The van der Waals surface area contributed by atoms with Crippen LogP contribution in [0.1, 0.15) is 59.1 Å². The van der Waals surface area contributed by atoms with Crippen LogP contribution in [0.2, 0.25) is 0 Å². The summed E-state index contributed by atoms with van der Waals surface area (Å²) in [7, 11) is 0. The smallest absolute Gasteiger partial charge is 0.136 e. The predicted molar refractivity (Wildman–Crippen MR) is 85.6 cm³/mol. The zero-order valence-electron chi connectivity index (χ0n) is 13.1. The zero-order chi connectivity index (χ0) is 15.0. The Hall–Kier alpha value is -1.74. The van der Waals surface area contributed by atoms with Crippen molar-refractivity contribution in [2.75, 3.05) is 6.54 Å². The lowest BCUT2D eigenvalue weighted by Crippen LogP contribution is -2.16. The molecule has 110 valence electrons. The minimum absolute atomic E-state index is 0.315. The Morgan fingerprint density at radius 2 is 1.86 bits per heavy atom. The molecule has 21 heavy (non-hydrogen) atoms. The van der Waals surface area contributed by atoms with Gasteiger partial charge < -0.3 is 5.73 Å². The van der Waals surface area contributed by atoms with Gasteiger partial charge in [-0.2, -0.15) is 0 Å². The molecule has 0 fully saturated rings. The third kappa shape index (κ3) is 2.46. The van der Waals surface area contributed by atoms with Crippen molar-refractivity contribution in [3.8, 4) is 0 Å². The highest BCUT2D eigenvalue weighted by atomic mass is 14.9. The van der Waals surface area contributed by atoms with Crippen molar-refractivity contribution >= 4 is 0 Å². The summed E-state index contributed by atoms with van der Waals surface area (Å²) in [5, 5.41) is 0. The summed E-state index contributed by atoms with van der Waals surface area (Å²) in [6, 6.07) is 8.67. The van der Waals surface area contributed by atoms with Crippen LogP contribution in [0.3, 0.4) is 0 Å². The van der Waals surface area contributed by atoms with E-state index in [0.717, 1.165) is 30.1 Å². The highest BCUT2D eigenvalue weighted by Gasteiger charge is 2.27. The Bertz CT molecular complexity index is 640. The zero-order valence-corrected chi connectivity index (χ0v) is 13.1. The van der Waals surface area contributed by atoms with Gasteiger partial charge in [0, 0.05) is 17.3 Å². The van der Waals surface area contributed by atoms with Crippen LogP contribution in [0.4, 0.5) is 0 Å². The van der Waals surface area contributed by atoms with Crippen molar-refractivity contribution in [1.29, 1.82) is 0 Å².